The summed E-state index contributed by atoms with van der Waals surface area (Å²) in [5.74, 6) is -2.15. The molecule has 0 amide bonds. The molecule has 1 aromatic carbocycles. The molecular formula is C18H17F2NO2. The molecule has 1 aliphatic rings. The molecular weight excluding hydrogens is 300 g/mol. The van der Waals surface area contributed by atoms with Gasteiger partial charge < -0.3 is 4.42 Å². The summed E-state index contributed by atoms with van der Waals surface area (Å²) in [6, 6.07) is 5.80. The van der Waals surface area contributed by atoms with E-state index in [-0.39, 0.29) is 23.1 Å². The fourth-order valence-corrected chi connectivity index (χ4v) is 3.01. The lowest BCUT2D eigenvalue weighted by Gasteiger charge is -2.12. The van der Waals surface area contributed by atoms with Crippen LogP contribution in [0.1, 0.15) is 53.4 Å². The summed E-state index contributed by atoms with van der Waals surface area (Å²) in [5, 5.41) is 0. The van der Waals surface area contributed by atoms with Crippen molar-refractivity contribution >= 4 is 6.29 Å². The zero-order valence-electron chi connectivity index (χ0n) is 12.6. The lowest BCUT2D eigenvalue weighted by atomic mass is 10.0. The van der Waals surface area contributed by atoms with Crippen molar-refractivity contribution in [2.24, 2.45) is 0 Å². The average molecular weight is 317 g/mol. The van der Waals surface area contributed by atoms with Gasteiger partial charge in [-0.2, -0.15) is 8.78 Å². The fraction of sp³-hybridized carbons (Fsp3) is 0.333. The van der Waals surface area contributed by atoms with Crippen LogP contribution in [-0.4, -0.2) is 11.3 Å². The van der Waals surface area contributed by atoms with E-state index in [1.54, 1.807) is 6.07 Å². The van der Waals surface area contributed by atoms with Gasteiger partial charge in [-0.1, -0.05) is 31.6 Å². The van der Waals surface area contributed by atoms with Crippen LogP contribution in [0.2, 0.25) is 0 Å². The van der Waals surface area contributed by atoms with Gasteiger partial charge in [0.05, 0.1) is 0 Å². The number of benzene rings is 1. The van der Waals surface area contributed by atoms with Gasteiger partial charge in [0, 0.05) is 17.0 Å². The lowest BCUT2D eigenvalue weighted by Crippen LogP contribution is -2.08. The van der Waals surface area contributed by atoms with Crippen LogP contribution in [0.4, 0.5) is 8.78 Å². The summed E-state index contributed by atoms with van der Waals surface area (Å²) < 4.78 is 33.3. The van der Waals surface area contributed by atoms with Crippen molar-refractivity contribution in [3.63, 3.8) is 0 Å². The van der Waals surface area contributed by atoms with Gasteiger partial charge in [-0.3, -0.25) is 4.79 Å². The first-order valence-electron chi connectivity index (χ1n) is 7.63. The van der Waals surface area contributed by atoms with Crippen LogP contribution in [-0.2, 0) is 5.92 Å². The fourth-order valence-electron chi connectivity index (χ4n) is 3.01. The molecule has 0 N–H and O–H groups in total. The molecule has 3 nitrogen and oxygen atoms in total. The number of aromatic nitrogens is 1. The predicted octanol–water partition coefficient (Wildman–Crippen LogP) is 5.09. The Morgan fingerprint density at radius 3 is 2.70 bits per heavy atom. The van der Waals surface area contributed by atoms with E-state index < -0.39 is 5.92 Å². The van der Waals surface area contributed by atoms with Gasteiger partial charge in [0.2, 0.25) is 5.89 Å². The Bertz CT molecular complexity index is 730. The van der Waals surface area contributed by atoms with Crippen LogP contribution in [0.3, 0.4) is 0 Å². The number of carbonyl (C=O) groups excluding carboxylic acids is 1. The normalized spacial score (nSPS) is 15.7. The number of halogens is 2. The van der Waals surface area contributed by atoms with Crippen molar-refractivity contribution in [2.45, 2.75) is 37.5 Å². The molecule has 0 saturated heterocycles. The Balaban J connectivity index is 2.00. The van der Waals surface area contributed by atoms with E-state index >= 15 is 0 Å². The first kappa shape index (κ1) is 15.6. The number of rotatable bonds is 5. The van der Waals surface area contributed by atoms with Crippen molar-refractivity contribution < 1.29 is 18.0 Å². The number of nitrogens with zero attached hydrogens (tertiary/aromatic N) is 1. The minimum atomic E-state index is -3.12. The third-order valence-corrected chi connectivity index (χ3v) is 4.27. The first-order chi connectivity index (χ1) is 11.0. The van der Waals surface area contributed by atoms with Gasteiger partial charge in [-0.25, -0.2) is 4.98 Å². The smallest absolute Gasteiger partial charge is 0.291 e. The molecule has 1 saturated carbocycles. The standard InChI is InChI=1S/C18H17F2NO2/c1-2-18(19,20)14-9-5-8-13(10-14)17-21-15(11-22)16(23-17)12-6-3-4-7-12/h2,5,8-12H,1,3-4,6-7H2. The number of alkyl halides is 2. The summed E-state index contributed by atoms with van der Waals surface area (Å²) in [6.07, 6.45) is 5.39. The van der Waals surface area contributed by atoms with Crippen molar-refractivity contribution in [2.75, 3.05) is 0 Å². The predicted molar refractivity (Wildman–Crippen MR) is 82.6 cm³/mol. The van der Waals surface area contributed by atoms with E-state index in [2.05, 4.69) is 11.6 Å². The Hall–Kier alpha value is -2.30. The van der Waals surface area contributed by atoms with E-state index in [0.29, 0.717) is 23.7 Å². The summed E-state index contributed by atoms with van der Waals surface area (Å²) >= 11 is 0. The topological polar surface area (TPSA) is 43.1 Å². The maximum atomic E-state index is 13.8. The number of allylic oxidation sites excluding steroid dienone is 1. The van der Waals surface area contributed by atoms with Crippen LogP contribution < -0.4 is 0 Å². The van der Waals surface area contributed by atoms with Crippen LogP contribution in [0, 0.1) is 0 Å². The molecule has 0 spiro atoms. The minimum Gasteiger partial charge on any atom is -0.440 e. The number of hydrogen-bond donors (Lipinski definition) is 0. The van der Waals surface area contributed by atoms with Crippen molar-refractivity contribution in [3.05, 3.63) is 53.9 Å². The van der Waals surface area contributed by atoms with E-state index in [1.165, 1.54) is 18.2 Å². The number of hydrogen-bond acceptors (Lipinski definition) is 3. The second-order valence-corrected chi connectivity index (χ2v) is 5.78. The molecule has 0 atom stereocenters. The third-order valence-electron chi connectivity index (χ3n) is 4.27. The summed E-state index contributed by atoms with van der Waals surface area (Å²) in [6.45, 7) is 3.16. The highest BCUT2D eigenvalue weighted by molar-refractivity contribution is 5.75. The van der Waals surface area contributed by atoms with Crippen LogP contribution >= 0.6 is 0 Å². The number of oxazole rings is 1. The van der Waals surface area contributed by atoms with Crippen LogP contribution in [0.5, 0.6) is 0 Å². The zero-order chi connectivity index (χ0) is 16.4. The Labute approximate surface area is 133 Å². The molecule has 3 rings (SSSR count). The molecule has 0 aliphatic heterocycles. The molecule has 120 valence electrons. The number of carbonyl (C=O) groups is 1. The summed E-state index contributed by atoms with van der Waals surface area (Å²) in [7, 11) is 0. The Morgan fingerprint density at radius 1 is 1.30 bits per heavy atom. The molecule has 0 radical (unpaired) electrons. The lowest BCUT2D eigenvalue weighted by molar-refractivity contribution is 0.0526. The Kier molecular flexibility index (Phi) is 4.11. The molecule has 1 aromatic heterocycles. The van der Waals surface area contributed by atoms with Crippen molar-refractivity contribution in [3.8, 4) is 11.5 Å². The highest BCUT2D eigenvalue weighted by Crippen LogP contribution is 2.38. The minimum absolute atomic E-state index is 0.182. The highest BCUT2D eigenvalue weighted by atomic mass is 19.3. The maximum Gasteiger partial charge on any atom is 0.291 e. The highest BCUT2D eigenvalue weighted by Gasteiger charge is 2.29. The molecule has 23 heavy (non-hydrogen) atoms. The molecule has 1 heterocycles. The second kappa shape index (κ2) is 6.07. The molecule has 2 aromatic rings. The maximum absolute atomic E-state index is 13.8. The summed E-state index contributed by atoms with van der Waals surface area (Å²) in [4.78, 5) is 15.4. The molecule has 0 bridgehead atoms. The molecule has 5 heteroatoms. The molecule has 0 unspecified atom stereocenters. The second-order valence-electron chi connectivity index (χ2n) is 5.78. The van der Waals surface area contributed by atoms with E-state index in [9.17, 15) is 13.6 Å². The van der Waals surface area contributed by atoms with Gasteiger partial charge in [0.1, 0.15) is 11.5 Å². The molecule has 1 fully saturated rings. The SMILES string of the molecule is C=CC(F)(F)c1cccc(-c2nc(C=O)c(C3CCCC3)o2)c1. The van der Waals surface area contributed by atoms with Crippen LogP contribution in [0.15, 0.2) is 41.3 Å². The van der Waals surface area contributed by atoms with Crippen molar-refractivity contribution in [1.29, 1.82) is 0 Å². The zero-order valence-corrected chi connectivity index (χ0v) is 12.6. The van der Waals surface area contributed by atoms with E-state index in [1.807, 2.05) is 0 Å². The monoisotopic (exact) mass is 317 g/mol. The van der Waals surface area contributed by atoms with E-state index in [0.717, 1.165) is 25.7 Å². The Morgan fingerprint density at radius 2 is 2.04 bits per heavy atom. The largest absolute Gasteiger partial charge is 0.440 e. The van der Waals surface area contributed by atoms with Gasteiger partial charge in [0.25, 0.3) is 5.92 Å². The number of aldehydes is 1. The van der Waals surface area contributed by atoms with E-state index in [4.69, 9.17) is 4.42 Å². The average Bonchev–Trinajstić information content (AvgIpc) is 3.23. The van der Waals surface area contributed by atoms with Gasteiger partial charge >= 0.3 is 0 Å². The summed E-state index contributed by atoms with van der Waals surface area (Å²) in [5.41, 5.74) is 0.516. The van der Waals surface area contributed by atoms with Gasteiger partial charge in [-0.15, -0.1) is 0 Å². The molecule has 1 aliphatic carbocycles. The first-order valence-corrected chi connectivity index (χ1v) is 7.63. The third kappa shape index (κ3) is 2.96. The van der Waals surface area contributed by atoms with Gasteiger partial charge in [0.15, 0.2) is 6.29 Å². The van der Waals surface area contributed by atoms with Gasteiger partial charge in [-0.05, 0) is 31.1 Å². The van der Waals surface area contributed by atoms with Crippen molar-refractivity contribution in [1.82, 2.24) is 4.98 Å². The quantitative estimate of drug-likeness (QED) is 0.570. The van der Waals surface area contributed by atoms with Crippen LogP contribution in [0.25, 0.3) is 11.5 Å².